The van der Waals surface area contributed by atoms with Gasteiger partial charge < -0.3 is 0 Å². The van der Waals surface area contributed by atoms with Crippen LogP contribution in [0, 0.1) is 0 Å². The van der Waals surface area contributed by atoms with Gasteiger partial charge in [0.15, 0.2) is 0 Å². The third-order valence-corrected chi connectivity index (χ3v) is 4.99. The van der Waals surface area contributed by atoms with Crippen molar-refractivity contribution in [3.05, 3.63) is 47.5 Å². The van der Waals surface area contributed by atoms with Gasteiger partial charge in [0.1, 0.15) is 0 Å². The zero-order valence-electron chi connectivity index (χ0n) is 13.1. The fourth-order valence-electron chi connectivity index (χ4n) is 2.24. The van der Waals surface area contributed by atoms with E-state index in [2.05, 4.69) is 18.0 Å². The summed E-state index contributed by atoms with van der Waals surface area (Å²) < 4.78 is 17.3. The average Bonchev–Trinajstić information content (AvgIpc) is 2.59. The number of rotatable bonds is 6. The van der Waals surface area contributed by atoms with Crippen LogP contribution in [0.3, 0.4) is 0 Å². The maximum absolute atomic E-state index is 10.6. The van der Waals surface area contributed by atoms with Gasteiger partial charge in [-0.15, -0.1) is 0 Å². The van der Waals surface area contributed by atoms with E-state index in [1.807, 2.05) is 12.1 Å². The second-order valence-electron chi connectivity index (χ2n) is 4.63. The van der Waals surface area contributed by atoms with Gasteiger partial charge >= 0.3 is 137 Å². The molecule has 2 aromatic rings. The van der Waals surface area contributed by atoms with Crippen molar-refractivity contribution in [3.8, 4) is 17.2 Å². The minimum absolute atomic E-state index is 0.454. The van der Waals surface area contributed by atoms with Crippen molar-refractivity contribution < 1.29 is 19.3 Å². The maximum atomic E-state index is 10.6. The molecule has 0 radical (unpaired) electrons. The Hall–Kier alpha value is -1.68. The first-order chi connectivity index (χ1) is 10.6. The Morgan fingerprint density at radius 2 is 1.41 bits per heavy atom. The van der Waals surface area contributed by atoms with Crippen LogP contribution in [0.5, 0.6) is 17.2 Å². The first-order valence-corrected chi connectivity index (χ1v) is 9.33. The van der Waals surface area contributed by atoms with Crippen molar-refractivity contribution >= 4 is 19.4 Å². The van der Waals surface area contributed by atoms with Crippen molar-refractivity contribution in [2.75, 3.05) is 21.3 Å². The van der Waals surface area contributed by atoms with Crippen LogP contribution < -0.4 is 18.7 Å². The normalized spacial score (nSPS) is 11.9. The number of aliphatic hydroxyl groups excluding tert-OH is 1. The Bertz CT molecular complexity index is 600. The van der Waals surface area contributed by atoms with Crippen LogP contribution in [0.25, 0.3) is 0 Å². The number of benzene rings is 2. The second-order valence-corrected chi connectivity index (χ2v) is 6.48. The number of hydrogen-bond acceptors (Lipinski definition) is 4. The van der Waals surface area contributed by atoms with Crippen LogP contribution in [-0.2, 0) is 0 Å². The summed E-state index contributed by atoms with van der Waals surface area (Å²) in [6.45, 7) is 0. The molecule has 1 N–H and O–H groups in total. The first-order valence-electron chi connectivity index (χ1n) is 6.76. The third-order valence-electron chi connectivity index (χ3n) is 3.43. The number of methoxy groups -OCH3 is 3. The van der Waals surface area contributed by atoms with Crippen LogP contribution in [0.2, 0.25) is 5.82 Å². The van der Waals surface area contributed by atoms with E-state index in [1.165, 1.54) is 4.46 Å². The molecule has 0 saturated heterocycles. The molecule has 2 rings (SSSR count). The fraction of sp³-hybridized carbons (Fsp3) is 0.294. The molecule has 22 heavy (non-hydrogen) atoms. The Morgan fingerprint density at radius 1 is 0.864 bits per heavy atom. The quantitative estimate of drug-likeness (QED) is 0.795. The SMILES string of the molecule is COc1cc(C(O)c2ccc([Se]C)cc2)cc(OC)c1OC. The molecule has 0 saturated carbocycles. The van der Waals surface area contributed by atoms with E-state index in [9.17, 15) is 5.11 Å². The van der Waals surface area contributed by atoms with Gasteiger partial charge in [0.05, 0.1) is 0 Å². The van der Waals surface area contributed by atoms with Crippen LogP contribution in [0.4, 0.5) is 0 Å². The molecule has 2 aromatic carbocycles. The number of hydrogen-bond donors (Lipinski definition) is 1. The van der Waals surface area contributed by atoms with Crippen molar-refractivity contribution in [3.63, 3.8) is 0 Å². The molecule has 0 amide bonds. The Labute approximate surface area is 137 Å². The summed E-state index contributed by atoms with van der Waals surface area (Å²) in [7, 11) is 4.68. The van der Waals surface area contributed by atoms with E-state index >= 15 is 0 Å². The van der Waals surface area contributed by atoms with E-state index in [4.69, 9.17) is 14.2 Å². The molecule has 4 nitrogen and oxygen atoms in total. The minimum atomic E-state index is -0.743. The molecule has 0 aliphatic rings. The van der Waals surface area contributed by atoms with Crippen molar-refractivity contribution in [2.24, 2.45) is 0 Å². The molecule has 0 aromatic heterocycles. The fourth-order valence-corrected chi connectivity index (χ4v) is 3.09. The van der Waals surface area contributed by atoms with Crippen molar-refractivity contribution in [2.45, 2.75) is 11.9 Å². The summed E-state index contributed by atoms with van der Waals surface area (Å²) in [4.78, 5) is 0. The molecule has 118 valence electrons. The topological polar surface area (TPSA) is 47.9 Å². The molecule has 0 heterocycles. The predicted octanol–water partition coefficient (Wildman–Crippen LogP) is 2.17. The molecule has 1 unspecified atom stereocenters. The summed E-state index contributed by atoms with van der Waals surface area (Å²) in [6.07, 6.45) is -0.743. The van der Waals surface area contributed by atoms with Gasteiger partial charge in [0.25, 0.3) is 0 Å². The molecule has 0 spiro atoms. The monoisotopic (exact) mass is 368 g/mol. The molecule has 0 fully saturated rings. The van der Waals surface area contributed by atoms with Gasteiger partial charge in [-0.2, -0.15) is 0 Å². The molecular weight excluding hydrogens is 347 g/mol. The van der Waals surface area contributed by atoms with Crippen LogP contribution in [0.15, 0.2) is 36.4 Å². The van der Waals surface area contributed by atoms with E-state index in [1.54, 1.807) is 33.5 Å². The van der Waals surface area contributed by atoms with Crippen molar-refractivity contribution in [1.82, 2.24) is 0 Å². The van der Waals surface area contributed by atoms with E-state index < -0.39 is 6.10 Å². The first kappa shape index (κ1) is 16.7. The molecule has 0 aliphatic carbocycles. The summed E-state index contributed by atoms with van der Waals surface area (Å²) >= 11 is 0.454. The summed E-state index contributed by atoms with van der Waals surface area (Å²) in [6, 6.07) is 11.5. The Morgan fingerprint density at radius 3 is 1.82 bits per heavy atom. The molecule has 1 atom stereocenters. The number of aliphatic hydroxyl groups is 1. The zero-order valence-corrected chi connectivity index (χ0v) is 14.8. The predicted molar refractivity (Wildman–Crippen MR) is 87.9 cm³/mol. The molecule has 5 heteroatoms. The molecule has 0 bridgehead atoms. The van der Waals surface area contributed by atoms with Crippen LogP contribution >= 0.6 is 0 Å². The van der Waals surface area contributed by atoms with Crippen LogP contribution in [-0.4, -0.2) is 41.4 Å². The second kappa shape index (κ2) is 7.54. The van der Waals surface area contributed by atoms with Gasteiger partial charge in [-0.05, 0) is 0 Å². The standard InChI is InChI=1S/C17H20O4Se/c1-19-14-9-12(10-15(20-2)17(14)21-3)16(18)11-5-7-13(22-4)8-6-11/h5-10,16,18H,1-4H3. The van der Waals surface area contributed by atoms with Crippen molar-refractivity contribution in [1.29, 1.82) is 0 Å². The molecule has 0 aliphatic heterocycles. The molecular formula is C17H20O4Se. The third kappa shape index (κ3) is 3.38. The summed E-state index contributed by atoms with van der Waals surface area (Å²) in [5.74, 6) is 3.75. The van der Waals surface area contributed by atoms with Gasteiger partial charge in [0, 0.05) is 0 Å². The summed E-state index contributed by atoms with van der Waals surface area (Å²) in [5.41, 5.74) is 1.53. The van der Waals surface area contributed by atoms with Gasteiger partial charge in [-0.1, -0.05) is 0 Å². The number of ether oxygens (including phenoxy) is 3. The zero-order chi connectivity index (χ0) is 16.1. The Balaban J connectivity index is 2.41. The Kier molecular flexibility index (Phi) is 5.72. The average molecular weight is 367 g/mol. The summed E-state index contributed by atoms with van der Waals surface area (Å²) in [5, 5.41) is 10.6. The van der Waals surface area contributed by atoms with E-state index in [0.29, 0.717) is 37.8 Å². The van der Waals surface area contributed by atoms with Gasteiger partial charge in [-0.25, -0.2) is 0 Å². The van der Waals surface area contributed by atoms with Gasteiger partial charge in [-0.3, -0.25) is 0 Å². The van der Waals surface area contributed by atoms with Crippen LogP contribution in [0.1, 0.15) is 17.2 Å². The van der Waals surface area contributed by atoms with E-state index in [0.717, 1.165) is 5.56 Å². The van der Waals surface area contributed by atoms with E-state index in [-0.39, 0.29) is 0 Å². The van der Waals surface area contributed by atoms with Gasteiger partial charge in [0.2, 0.25) is 0 Å².